The lowest BCUT2D eigenvalue weighted by atomic mass is 9.47. The molecule has 0 bridgehead atoms. The average Bonchev–Trinajstić information content (AvgIpc) is 3.20. The smallest absolute Gasteiger partial charge is 0.0537 e. The van der Waals surface area contributed by atoms with Gasteiger partial charge in [0.1, 0.15) is 0 Å². The molecule has 3 saturated carbocycles. The van der Waals surface area contributed by atoms with Gasteiger partial charge in [-0.15, -0.1) is 0 Å². The normalized spacial score (nSPS) is 39.4. The topological polar surface area (TPSA) is 24.7 Å². The minimum atomic E-state index is 0.426. The summed E-state index contributed by atoms with van der Waals surface area (Å²) in [6.45, 7) is 20.2. The Bertz CT molecular complexity index is 776. The summed E-state index contributed by atoms with van der Waals surface area (Å²) in [6, 6.07) is 0.451. The molecule has 0 aromatic heterocycles. The van der Waals surface area contributed by atoms with Crippen molar-refractivity contribution in [3.05, 3.63) is 23.9 Å². The highest BCUT2D eigenvalue weighted by Gasteiger charge is 2.59. The van der Waals surface area contributed by atoms with Crippen molar-refractivity contribution in [2.75, 3.05) is 0 Å². The van der Waals surface area contributed by atoms with Crippen LogP contribution in [0.2, 0.25) is 0 Å². The number of fused-ring (bicyclic) bond motifs is 5. The Kier molecular flexibility index (Phi) is 10.0. The number of rotatable bonds is 8. The minimum Gasteiger partial charge on any atom is -0.289 e. The van der Waals surface area contributed by atoms with Crippen molar-refractivity contribution < 1.29 is 0 Å². The van der Waals surface area contributed by atoms with Gasteiger partial charge in [-0.2, -0.15) is 0 Å². The van der Waals surface area contributed by atoms with E-state index in [1.807, 2.05) is 26.1 Å². The van der Waals surface area contributed by atoms with Crippen LogP contribution in [-0.2, 0) is 0 Å². The van der Waals surface area contributed by atoms with Crippen LogP contribution in [0, 0.1) is 46.3 Å². The second-order valence-electron chi connectivity index (χ2n) is 13.0. The monoisotopic (exact) mass is 480 g/mol. The Morgan fingerprint density at radius 1 is 1.03 bits per heavy atom. The van der Waals surface area contributed by atoms with E-state index in [4.69, 9.17) is 4.99 Å². The van der Waals surface area contributed by atoms with Crippen molar-refractivity contribution in [1.29, 1.82) is 0 Å². The van der Waals surface area contributed by atoms with Gasteiger partial charge in [0.2, 0.25) is 0 Å². The van der Waals surface area contributed by atoms with Crippen LogP contribution in [0.25, 0.3) is 0 Å². The zero-order valence-corrected chi connectivity index (χ0v) is 24.2. The quantitative estimate of drug-likeness (QED) is 0.244. The van der Waals surface area contributed by atoms with Gasteiger partial charge < -0.3 is 0 Å². The molecular formula is C33H56N2. The third-order valence-corrected chi connectivity index (χ3v) is 10.9. The van der Waals surface area contributed by atoms with Crippen LogP contribution in [0.5, 0.6) is 0 Å². The summed E-state index contributed by atoms with van der Waals surface area (Å²) in [5.41, 5.74) is 2.76. The second kappa shape index (κ2) is 12.4. The highest BCUT2D eigenvalue weighted by Crippen LogP contribution is 2.67. The van der Waals surface area contributed by atoms with E-state index in [-0.39, 0.29) is 0 Å². The molecule has 2 heteroatoms. The van der Waals surface area contributed by atoms with Gasteiger partial charge in [-0.1, -0.05) is 79.4 Å². The first-order valence-corrected chi connectivity index (χ1v) is 15.1. The fourth-order valence-electron chi connectivity index (χ4n) is 9.06. The summed E-state index contributed by atoms with van der Waals surface area (Å²) in [7, 11) is 0. The predicted octanol–water partition coefficient (Wildman–Crippen LogP) is 9.71. The van der Waals surface area contributed by atoms with Crippen molar-refractivity contribution in [3.63, 3.8) is 0 Å². The number of hydrogen-bond acceptors (Lipinski definition) is 2. The molecule has 8 unspecified atom stereocenters. The molecular weight excluding hydrogens is 424 g/mol. The molecule has 0 aromatic rings. The summed E-state index contributed by atoms with van der Waals surface area (Å²) < 4.78 is 0. The van der Waals surface area contributed by atoms with Crippen LogP contribution in [0.1, 0.15) is 119 Å². The maximum atomic E-state index is 4.84. The highest BCUT2D eigenvalue weighted by molar-refractivity contribution is 5.71. The lowest BCUT2D eigenvalue weighted by molar-refractivity contribution is -0.0508. The molecule has 0 aliphatic heterocycles. The predicted molar refractivity (Wildman–Crippen MR) is 155 cm³/mol. The van der Waals surface area contributed by atoms with E-state index in [1.165, 1.54) is 70.6 Å². The fraction of sp³-hybridized carbons (Fsp3) is 0.818. The van der Waals surface area contributed by atoms with E-state index in [2.05, 4.69) is 52.4 Å². The van der Waals surface area contributed by atoms with Gasteiger partial charge in [0.15, 0.2) is 0 Å². The molecule has 35 heavy (non-hydrogen) atoms. The largest absolute Gasteiger partial charge is 0.289 e. The van der Waals surface area contributed by atoms with Crippen molar-refractivity contribution in [3.8, 4) is 0 Å². The van der Waals surface area contributed by atoms with E-state index >= 15 is 0 Å². The molecule has 4 aliphatic carbocycles. The summed E-state index contributed by atoms with van der Waals surface area (Å²) >= 11 is 0. The second-order valence-corrected chi connectivity index (χ2v) is 13.0. The molecule has 4 aliphatic rings. The van der Waals surface area contributed by atoms with E-state index in [1.54, 1.807) is 11.8 Å². The Morgan fingerprint density at radius 2 is 1.80 bits per heavy atom. The lowest BCUT2D eigenvalue weighted by Gasteiger charge is -2.58. The number of aliphatic imine (C=N–C) groups is 2. The van der Waals surface area contributed by atoms with Gasteiger partial charge in [0, 0.05) is 12.4 Å². The summed E-state index contributed by atoms with van der Waals surface area (Å²) in [6.07, 6.45) is 23.5. The first-order chi connectivity index (χ1) is 16.8. The highest BCUT2D eigenvalue weighted by atomic mass is 14.8. The minimum absolute atomic E-state index is 0.426. The van der Waals surface area contributed by atoms with E-state index in [0.29, 0.717) is 16.9 Å². The zero-order chi connectivity index (χ0) is 25.6. The third-order valence-electron chi connectivity index (χ3n) is 10.9. The zero-order valence-electron chi connectivity index (χ0n) is 24.2. The molecule has 8 atom stereocenters. The number of hydrogen-bond donors (Lipinski definition) is 0. The van der Waals surface area contributed by atoms with Crippen LogP contribution >= 0.6 is 0 Å². The van der Waals surface area contributed by atoms with Crippen LogP contribution < -0.4 is 0 Å². The van der Waals surface area contributed by atoms with Crippen molar-refractivity contribution >= 4 is 12.9 Å². The van der Waals surface area contributed by atoms with Gasteiger partial charge >= 0.3 is 0 Å². The van der Waals surface area contributed by atoms with Crippen LogP contribution in [0.15, 0.2) is 33.9 Å². The Balaban J connectivity index is 0.00000167. The van der Waals surface area contributed by atoms with Gasteiger partial charge in [-0.3, -0.25) is 9.98 Å². The van der Waals surface area contributed by atoms with Crippen molar-refractivity contribution in [2.45, 2.75) is 125 Å². The molecule has 0 heterocycles. The van der Waals surface area contributed by atoms with E-state index < -0.39 is 0 Å². The molecule has 0 radical (unpaired) electrons. The van der Waals surface area contributed by atoms with Crippen LogP contribution in [0.3, 0.4) is 0 Å². The molecule has 0 N–H and O–H groups in total. The van der Waals surface area contributed by atoms with E-state index in [9.17, 15) is 0 Å². The van der Waals surface area contributed by atoms with Crippen LogP contribution in [0.4, 0.5) is 0 Å². The molecule has 4 rings (SSSR count). The lowest BCUT2D eigenvalue weighted by Crippen LogP contribution is -2.50. The molecule has 0 saturated heterocycles. The van der Waals surface area contributed by atoms with Crippen molar-refractivity contribution in [1.82, 2.24) is 0 Å². The Morgan fingerprint density at radius 3 is 2.51 bits per heavy atom. The Hall–Kier alpha value is -1.18. The van der Waals surface area contributed by atoms with E-state index in [0.717, 1.165) is 35.5 Å². The maximum Gasteiger partial charge on any atom is 0.0537 e. The van der Waals surface area contributed by atoms with Crippen LogP contribution in [-0.4, -0.2) is 19.0 Å². The summed E-state index contributed by atoms with van der Waals surface area (Å²) in [4.78, 5) is 8.61. The average molecular weight is 481 g/mol. The van der Waals surface area contributed by atoms with Gasteiger partial charge in [-0.05, 0) is 110 Å². The molecule has 0 spiro atoms. The first kappa shape index (κ1) is 28.4. The number of allylic oxidation sites excluding steroid dienone is 2. The standard InChI is InChI=1S/C31H50N2.C2H6/c1-22(2)9-7-10-23(3)27-13-14-28-26-12-11-24-21-25(33-20-8-19-32-6)15-17-30(24,4)29(26)16-18-31(27,28)5;1-2/h8,11,19-20,22-23,25-29H,6-7,9-10,12-18,21H2,1-5H3;1-2H3/b19-8-,33-20?;. The third kappa shape index (κ3) is 5.88. The van der Waals surface area contributed by atoms with Gasteiger partial charge in [0.25, 0.3) is 0 Å². The molecule has 198 valence electrons. The maximum absolute atomic E-state index is 4.84. The first-order valence-electron chi connectivity index (χ1n) is 15.1. The summed E-state index contributed by atoms with van der Waals surface area (Å²) in [5.74, 6) is 5.49. The van der Waals surface area contributed by atoms with Gasteiger partial charge in [-0.25, -0.2) is 0 Å². The summed E-state index contributed by atoms with van der Waals surface area (Å²) in [5, 5.41) is 0. The molecule has 2 nitrogen and oxygen atoms in total. The van der Waals surface area contributed by atoms with Crippen molar-refractivity contribution in [2.24, 2.45) is 56.3 Å². The Labute approximate surface area is 218 Å². The van der Waals surface area contributed by atoms with Gasteiger partial charge in [0.05, 0.1) is 6.04 Å². The molecule has 0 amide bonds. The molecule has 3 fully saturated rings. The SMILES string of the molecule is C=N/C=C\C=NC1CCC2(C)C(=CCC3C2CCC2(C)C(C(C)CCCC(C)C)CCC32)C1.CC. The molecule has 0 aromatic carbocycles. The number of nitrogens with zero attached hydrogens (tertiary/aromatic N) is 2. The fourth-order valence-corrected chi connectivity index (χ4v) is 9.06.